The summed E-state index contributed by atoms with van der Waals surface area (Å²) in [6.07, 6.45) is 5.14. The van der Waals surface area contributed by atoms with Gasteiger partial charge in [-0.2, -0.15) is 0 Å². The van der Waals surface area contributed by atoms with Gasteiger partial charge in [0.05, 0.1) is 5.69 Å². The van der Waals surface area contributed by atoms with E-state index in [1.165, 1.54) is 0 Å². The lowest BCUT2D eigenvalue weighted by atomic mass is 10.2. The maximum Gasteiger partial charge on any atom is 0.0753 e. The van der Waals surface area contributed by atoms with Crippen LogP contribution in [0.25, 0.3) is 0 Å². The fraction of sp³-hybridized carbons (Fsp3) is 0.429. The van der Waals surface area contributed by atoms with E-state index in [1.807, 2.05) is 14.0 Å². The molecule has 0 aliphatic heterocycles. The summed E-state index contributed by atoms with van der Waals surface area (Å²) in [7, 11) is 1.90. The highest BCUT2D eigenvalue weighted by molar-refractivity contribution is 4.99. The summed E-state index contributed by atoms with van der Waals surface area (Å²) in [6, 6.07) is 0.286. The number of rotatable bonds is 2. The lowest BCUT2D eigenvalue weighted by Crippen LogP contribution is -2.13. The molecule has 1 atom stereocenters. The SMILES string of the molecule is CN[C@@H](C)c1cnccn1. The molecule has 10 heavy (non-hydrogen) atoms. The Morgan fingerprint density at radius 2 is 2.30 bits per heavy atom. The van der Waals surface area contributed by atoms with Gasteiger partial charge in [-0.1, -0.05) is 0 Å². The fourth-order valence-electron chi connectivity index (χ4n) is 0.682. The Bertz CT molecular complexity index is 185. The van der Waals surface area contributed by atoms with Crippen LogP contribution in [-0.4, -0.2) is 17.0 Å². The first kappa shape index (κ1) is 7.15. The third kappa shape index (κ3) is 1.51. The van der Waals surface area contributed by atoms with Gasteiger partial charge in [0, 0.05) is 24.6 Å². The molecule has 3 nitrogen and oxygen atoms in total. The molecule has 54 valence electrons. The Balaban J connectivity index is 2.75. The van der Waals surface area contributed by atoms with E-state index >= 15 is 0 Å². The maximum absolute atomic E-state index is 4.12. The molecule has 0 amide bonds. The van der Waals surface area contributed by atoms with Crippen molar-refractivity contribution in [3.05, 3.63) is 24.3 Å². The van der Waals surface area contributed by atoms with E-state index in [0.29, 0.717) is 0 Å². The van der Waals surface area contributed by atoms with Crippen LogP contribution in [0, 0.1) is 0 Å². The van der Waals surface area contributed by atoms with Crippen LogP contribution in [-0.2, 0) is 0 Å². The van der Waals surface area contributed by atoms with Gasteiger partial charge in [-0.25, -0.2) is 0 Å². The molecular weight excluding hydrogens is 126 g/mol. The van der Waals surface area contributed by atoms with E-state index in [1.54, 1.807) is 18.6 Å². The van der Waals surface area contributed by atoms with Crippen LogP contribution in [0.4, 0.5) is 0 Å². The second-order valence-corrected chi connectivity index (χ2v) is 2.14. The summed E-state index contributed by atoms with van der Waals surface area (Å²) in [4.78, 5) is 8.08. The summed E-state index contributed by atoms with van der Waals surface area (Å²) in [6.45, 7) is 2.05. The highest BCUT2D eigenvalue weighted by Gasteiger charge is 2.00. The van der Waals surface area contributed by atoms with E-state index < -0.39 is 0 Å². The van der Waals surface area contributed by atoms with Crippen molar-refractivity contribution in [1.82, 2.24) is 15.3 Å². The van der Waals surface area contributed by atoms with Crippen molar-refractivity contribution in [3.63, 3.8) is 0 Å². The minimum Gasteiger partial charge on any atom is -0.312 e. The summed E-state index contributed by atoms with van der Waals surface area (Å²) in [5.74, 6) is 0. The van der Waals surface area contributed by atoms with Crippen molar-refractivity contribution in [1.29, 1.82) is 0 Å². The van der Waals surface area contributed by atoms with Crippen molar-refractivity contribution in [2.24, 2.45) is 0 Å². The van der Waals surface area contributed by atoms with Crippen LogP contribution < -0.4 is 5.32 Å². The van der Waals surface area contributed by atoms with Crippen molar-refractivity contribution in [2.45, 2.75) is 13.0 Å². The van der Waals surface area contributed by atoms with Crippen LogP contribution in [0.2, 0.25) is 0 Å². The van der Waals surface area contributed by atoms with Crippen LogP contribution >= 0.6 is 0 Å². The van der Waals surface area contributed by atoms with Crippen molar-refractivity contribution < 1.29 is 0 Å². The first-order chi connectivity index (χ1) is 4.84. The smallest absolute Gasteiger partial charge is 0.0753 e. The molecule has 1 aromatic heterocycles. The van der Waals surface area contributed by atoms with Gasteiger partial charge in [-0.3, -0.25) is 9.97 Å². The molecule has 0 saturated heterocycles. The molecule has 0 spiro atoms. The van der Waals surface area contributed by atoms with Gasteiger partial charge in [-0.15, -0.1) is 0 Å². The number of nitrogens with one attached hydrogen (secondary N) is 1. The topological polar surface area (TPSA) is 37.8 Å². The predicted octanol–water partition coefficient (Wildman–Crippen LogP) is 0.757. The highest BCUT2D eigenvalue weighted by atomic mass is 14.9. The summed E-state index contributed by atoms with van der Waals surface area (Å²) < 4.78 is 0. The first-order valence-corrected chi connectivity index (χ1v) is 3.27. The van der Waals surface area contributed by atoms with Crippen molar-refractivity contribution in [3.8, 4) is 0 Å². The predicted molar refractivity (Wildman–Crippen MR) is 39.5 cm³/mol. The minimum atomic E-state index is 0.286. The zero-order valence-electron chi connectivity index (χ0n) is 6.20. The molecule has 0 aliphatic carbocycles. The molecular formula is C7H11N3. The van der Waals surface area contributed by atoms with E-state index in [0.717, 1.165) is 5.69 Å². The minimum absolute atomic E-state index is 0.286. The zero-order valence-corrected chi connectivity index (χ0v) is 6.20. The second-order valence-electron chi connectivity index (χ2n) is 2.14. The fourth-order valence-corrected chi connectivity index (χ4v) is 0.682. The number of hydrogen-bond donors (Lipinski definition) is 1. The van der Waals surface area contributed by atoms with Crippen LogP contribution in [0.3, 0.4) is 0 Å². The number of hydrogen-bond acceptors (Lipinski definition) is 3. The molecule has 1 N–H and O–H groups in total. The second kappa shape index (κ2) is 3.27. The van der Waals surface area contributed by atoms with Gasteiger partial charge in [-0.05, 0) is 14.0 Å². The third-order valence-corrected chi connectivity index (χ3v) is 1.46. The molecule has 1 heterocycles. The normalized spacial score (nSPS) is 13.0. The van der Waals surface area contributed by atoms with Crippen LogP contribution in [0.5, 0.6) is 0 Å². The van der Waals surface area contributed by atoms with Gasteiger partial charge < -0.3 is 5.32 Å². The maximum atomic E-state index is 4.12. The van der Waals surface area contributed by atoms with E-state index in [-0.39, 0.29) is 6.04 Å². The summed E-state index contributed by atoms with van der Waals surface area (Å²) in [5, 5.41) is 3.08. The molecule has 0 aromatic carbocycles. The summed E-state index contributed by atoms with van der Waals surface area (Å²) in [5.41, 5.74) is 0.977. The molecule has 0 fully saturated rings. The van der Waals surface area contributed by atoms with Crippen molar-refractivity contribution in [2.75, 3.05) is 7.05 Å². The van der Waals surface area contributed by atoms with E-state index in [2.05, 4.69) is 15.3 Å². The average Bonchev–Trinajstić information content (AvgIpc) is 2.05. The molecule has 3 heteroatoms. The Hall–Kier alpha value is -0.960. The molecule has 1 aromatic rings. The highest BCUT2D eigenvalue weighted by Crippen LogP contribution is 2.03. The molecule has 0 aliphatic rings. The van der Waals surface area contributed by atoms with Gasteiger partial charge in [0.2, 0.25) is 0 Å². The lowest BCUT2D eigenvalue weighted by Gasteiger charge is -2.06. The first-order valence-electron chi connectivity index (χ1n) is 3.27. The van der Waals surface area contributed by atoms with Crippen LogP contribution in [0.15, 0.2) is 18.6 Å². The quantitative estimate of drug-likeness (QED) is 0.653. The lowest BCUT2D eigenvalue weighted by molar-refractivity contribution is 0.629. The average molecular weight is 137 g/mol. The number of aromatic nitrogens is 2. The van der Waals surface area contributed by atoms with Gasteiger partial charge in [0.25, 0.3) is 0 Å². The third-order valence-electron chi connectivity index (χ3n) is 1.46. The largest absolute Gasteiger partial charge is 0.312 e. The molecule has 0 radical (unpaired) electrons. The standard InChI is InChI=1S/C7H11N3/c1-6(8-2)7-5-9-3-4-10-7/h3-6,8H,1-2H3/t6-/m0/s1. The monoisotopic (exact) mass is 137 g/mol. The van der Waals surface area contributed by atoms with E-state index in [9.17, 15) is 0 Å². The van der Waals surface area contributed by atoms with Crippen LogP contribution in [0.1, 0.15) is 18.7 Å². The van der Waals surface area contributed by atoms with Gasteiger partial charge in [0.1, 0.15) is 0 Å². The molecule has 0 saturated carbocycles. The Labute approximate surface area is 60.5 Å². The number of nitrogens with zero attached hydrogens (tertiary/aromatic N) is 2. The zero-order chi connectivity index (χ0) is 7.40. The molecule has 0 unspecified atom stereocenters. The Morgan fingerprint density at radius 3 is 2.80 bits per heavy atom. The van der Waals surface area contributed by atoms with E-state index in [4.69, 9.17) is 0 Å². The Kier molecular flexibility index (Phi) is 2.34. The van der Waals surface area contributed by atoms with Gasteiger partial charge in [0.15, 0.2) is 0 Å². The summed E-state index contributed by atoms with van der Waals surface area (Å²) >= 11 is 0. The van der Waals surface area contributed by atoms with Gasteiger partial charge >= 0.3 is 0 Å². The van der Waals surface area contributed by atoms with Crippen molar-refractivity contribution >= 4 is 0 Å². The molecule has 0 bridgehead atoms. The molecule has 1 rings (SSSR count). The Morgan fingerprint density at radius 1 is 1.50 bits per heavy atom.